The van der Waals surface area contributed by atoms with Crippen LogP contribution in [-0.4, -0.2) is 34.9 Å². The summed E-state index contributed by atoms with van der Waals surface area (Å²) in [5, 5.41) is 3.23. The Morgan fingerprint density at radius 3 is 2.86 bits per heavy atom. The van der Waals surface area contributed by atoms with Gasteiger partial charge >= 0.3 is 0 Å². The van der Waals surface area contributed by atoms with E-state index in [9.17, 15) is 4.79 Å². The van der Waals surface area contributed by atoms with E-state index in [0.717, 1.165) is 11.4 Å². The van der Waals surface area contributed by atoms with Crippen LogP contribution >= 0.6 is 11.6 Å². The van der Waals surface area contributed by atoms with E-state index in [1.54, 1.807) is 25.1 Å². The van der Waals surface area contributed by atoms with E-state index < -0.39 is 0 Å². The molecule has 0 spiro atoms. The minimum absolute atomic E-state index is 0.165. The average Bonchev–Trinajstić information content (AvgIpc) is 2.47. The molecule has 2 aromatic heterocycles. The Labute approximate surface area is 129 Å². The van der Waals surface area contributed by atoms with Crippen molar-refractivity contribution in [2.75, 3.05) is 19.4 Å². The first-order valence-electron chi connectivity index (χ1n) is 6.52. The molecule has 6 heteroatoms. The molecule has 2 aromatic rings. The van der Waals surface area contributed by atoms with Gasteiger partial charge in [-0.2, -0.15) is 0 Å². The molecule has 5 nitrogen and oxygen atoms in total. The molecule has 2 rings (SSSR count). The van der Waals surface area contributed by atoms with Crippen molar-refractivity contribution in [2.45, 2.75) is 13.5 Å². The number of anilines is 1. The topological polar surface area (TPSA) is 58.1 Å². The summed E-state index contributed by atoms with van der Waals surface area (Å²) < 4.78 is 0. The number of aryl methyl sites for hydroxylation is 1. The van der Waals surface area contributed by atoms with Crippen molar-refractivity contribution in [1.29, 1.82) is 0 Å². The highest BCUT2D eigenvalue weighted by Gasteiger charge is 2.17. The number of carbonyl (C=O) groups excluding carboxylic acids is 1. The van der Waals surface area contributed by atoms with Crippen LogP contribution in [0.5, 0.6) is 0 Å². The minimum atomic E-state index is -0.165. The standard InChI is InChI=1S/C15H17ClN4O/c1-10-5-4-6-11(19-10)9-20(3)15(21)12-7-14(17-2)18-8-13(12)16/h4-8H,9H2,1-3H3,(H,17,18). The van der Waals surface area contributed by atoms with Crippen LogP contribution in [0.25, 0.3) is 0 Å². The number of pyridine rings is 2. The number of nitrogens with zero attached hydrogens (tertiary/aromatic N) is 3. The Hall–Kier alpha value is -2.14. The van der Waals surface area contributed by atoms with Gasteiger partial charge in [0.1, 0.15) is 5.82 Å². The van der Waals surface area contributed by atoms with Gasteiger partial charge in [0.25, 0.3) is 5.91 Å². The van der Waals surface area contributed by atoms with Crippen molar-refractivity contribution >= 4 is 23.3 Å². The Morgan fingerprint density at radius 2 is 2.19 bits per heavy atom. The van der Waals surface area contributed by atoms with Gasteiger partial charge in [0.15, 0.2) is 0 Å². The second-order valence-corrected chi connectivity index (χ2v) is 5.14. The monoisotopic (exact) mass is 304 g/mol. The highest BCUT2D eigenvalue weighted by atomic mass is 35.5. The second kappa shape index (κ2) is 6.54. The van der Waals surface area contributed by atoms with E-state index >= 15 is 0 Å². The number of halogens is 1. The molecule has 0 aromatic carbocycles. The second-order valence-electron chi connectivity index (χ2n) is 4.73. The molecule has 0 aliphatic carbocycles. The third-order valence-electron chi connectivity index (χ3n) is 3.03. The molecular formula is C15H17ClN4O. The van der Waals surface area contributed by atoms with Crippen LogP contribution in [0.2, 0.25) is 5.02 Å². The Balaban J connectivity index is 2.19. The largest absolute Gasteiger partial charge is 0.373 e. The third-order valence-corrected chi connectivity index (χ3v) is 3.33. The van der Waals surface area contributed by atoms with Gasteiger partial charge in [-0.15, -0.1) is 0 Å². The first-order valence-corrected chi connectivity index (χ1v) is 6.90. The molecule has 0 atom stereocenters. The molecule has 110 valence electrons. The molecule has 0 aliphatic rings. The lowest BCUT2D eigenvalue weighted by Crippen LogP contribution is -2.27. The van der Waals surface area contributed by atoms with Gasteiger partial charge in [-0.1, -0.05) is 17.7 Å². The van der Waals surface area contributed by atoms with Gasteiger partial charge in [0.2, 0.25) is 0 Å². The van der Waals surface area contributed by atoms with Crippen LogP contribution in [0.4, 0.5) is 5.82 Å². The molecule has 21 heavy (non-hydrogen) atoms. The maximum Gasteiger partial charge on any atom is 0.255 e. The van der Waals surface area contributed by atoms with Crippen LogP contribution in [0, 0.1) is 6.92 Å². The zero-order valence-corrected chi connectivity index (χ0v) is 13.0. The third kappa shape index (κ3) is 3.70. The summed E-state index contributed by atoms with van der Waals surface area (Å²) in [6.45, 7) is 2.35. The molecule has 0 saturated heterocycles. The van der Waals surface area contributed by atoms with Gasteiger partial charge in [0.05, 0.1) is 22.8 Å². The van der Waals surface area contributed by atoms with Crippen molar-refractivity contribution in [3.05, 3.63) is 52.4 Å². The number of rotatable bonds is 4. The summed E-state index contributed by atoms with van der Waals surface area (Å²) in [5.74, 6) is 0.437. The number of amides is 1. The van der Waals surface area contributed by atoms with E-state index in [2.05, 4.69) is 15.3 Å². The van der Waals surface area contributed by atoms with Crippen molar-refractivity contribution in [2.24, 2.45) is 0 Å². The van der Waals surface area contributed by atoms with E-state index in [1.165, 1.54) is 6.20 Å². The molecule has 1 N–H and O–H groups in total. The summed E-state index contributed by atoms with van der Waals surface area (Å²) in [4.78, 5) is 22.5. The van der Waals surface area contributed by atoms with Gasteiger partial charge in [0, 0.05) is 26.0 Å². The zero-order valence-electron chi connectivity index (χ0n) is 12.2. The van der Waals surface area contributed by atoms with Crippen LogP contribution in [0.3, 0.4) is 0 Å². The lowest BCUT2D eigenvalue weighted by atomic mass is 10.2. The fourth-order valence-corrected chi connectivity index (χ4v) is 2.13. The molecule has 0 bridgehead atoms. The maximum atomic E-state index is 12.5. The van der Waals surface area contributed by atoms with Crippen molar-refractivity contribution in [1.82, 2.24) is 14.9 Å². The first kappa shape index (κ1) is 15.3. The van der Waals surface area contributed by atoms with Crippen molar-refractivity contribution < 1.29 is 4.79 Å². The summed E-state index contributed by atoms with van der Waals surface area (Å²) in [7, 11) is 3.47. The molecule has 0 fully saturated rings. The van der Waals surface area contributed by atoms with Crippen LogP contribution < -0.4 is 5.32 Å². The number of hydrogen-bond donors (Lipinski definition) is 1. The fourth-order valence-electron chi connectivity index (χ4n) is 1.95. The quantitative estimate of drug-likeness (QED) is 0.943. The highest BCUT2D eigenvalue weighted by Crippen LogP contribution is 2.20. The van der Waals surface area contributed by atoms with Crippen molar-refractivity contribution in [3.8, 4) is 0 Å². The number of aromatic nitrogens is 2. The SMILES string of the molecule is CNc1cc(C(=O)N(C)Cc2cccc(C)n2)c(Cl)cn1. The number of carbonyl (C=O) groups is 1. The molecule has 2 heterocycles. The fraction of sp³-hybridized carbons (Fsp3) is 0.267. The molecular weight excluding hydrogens is 288 g/mol. The Kier molecular flexibility index (Phi) is 4.75. The van der Waals surface area contributed by atoms with Gasteiger partial charge in [-0.3, -0.25) is 9.78 Å². The smallest absolute Gasteiger partial charge is 0.255 e. The summed E-state index contributed by atoms with van der Waals surface area (Å²) in [6, 6.07) is 7.38. The first-order chi connectivity index (χ1) is 10.0. The highest BCUT2D eigenvalue weighted by molar-refractivity contribution is 6.33. The van der Waals surface area contributed by atoms with Crippen molar-refractivity contribution in [3.63, 3.8) is 0 Å². The molecule has 0 saturated carbocycles. The lowest BCUT2D eigenvalue weighted by Gasteiger charge is -2.18. The van der Waals surface area contributed by atoms with Gasteiger partial charge in [-0.25, -0.2) is 4.98 Å². The predicted octanol–water partition coefficient (Wildman–Crippen LogP) is 2.75. The molecule has 0 radical (unpaired) electrons. The maximum absolute atomic E-state index is 12.5. The van der Waals surface area contributed by atoms with E-state index in [1.807, 2.05) is 25.1 Å². The number of nitrogens with one attached hydrogen (secondary N) is 1. The molecule has 0 unspecified atom stereocenters. The van der Waals surface area contributed by atoms with Crippen LogP contribution in [-0.2, 0) is 6.54 Å². The van der Waals surface area contributed by atoms with Crippen LogP contribution in [0.15, 0.2) is 30.5 Å². The lowest BCUT2D eigenvalue weighted by molar-refractivity contribution is 0.0783. The van der Waals surface area contributed by atoms with Gasteiger partial charge in [-0.05, 0) is 25.1 Å². The van der Waals surface area contributed by atoms with Gasteiger partial charge < -0.3 is 10.2 Å². The summed E-state index contributed by atoms with van der Waals surface area (Å²) in [5.41, 5.74) is 2.18. The van der Waals surface area contributed by atoms with E-state index in [0.29, 0.717) is 22.9 Å². The number of hydrogen-bond acceptors (Lipinski definition) is 4. The molecule has 0 aliphatic heterocycles. The van der Waals surface area contributed by atoms with Crippen LogP contribution in [0.1, 0.15) is 21.7 Å². The zero-order chi connectivity index (χ0) is 15.4. The summed E-state index contributed by atoms with van der Waals surface area (Å²) in [6.07, 6.45) is 1.47. The van der Waals surface area contributed by atoms with E-state index in [4.69, 9.17) is 11.6 Å². The Morgan fingerprint density at radius 1 is 1.43 bits per heavy atom. The molecule has 1 amide bonds. The predicted molar refractivity (Wildman–Crippen MR) is 83.6 cm³/mol. The Bertz CT molecular complexity index is 660. The normalized spacial score (nSPS) is 10.3. The summed E-state index contributed by atoms with van der Waals surface area (Å²) >= 11 is 6.07. The minimum Gasteiger partial charge on any atom is -0.373 e. The average molecular weight is 305 g/mol. The van der Waals surface area contributed by atoms with E-state index in [-0.39, 0.29) is 5.91 Å².